The van der Waals surface area contributed by atoms with Gasteiger partial charge >= 0.3 is 0 Å². The molecule has 0 bridgehead atoms. The van der Waals surface area contributed by atoms with Crippen LogP contribution in [0.2, 0.25) is 0 Å². The lowest BCUT2D eigenvalue weighted by molar-refractivity contribution is -0.118. The van der Waals surface area contributed by atoms with Gasteiger partial charge in [0.25, 0.3) is 5.91 Å². The van der Waals surface area contributed by atoms with Crippen LogP contribution in [0, 0.1) is 0 Å². The molecule has 5 nitrogen and oxygen atoms in total. The standard InChI is InChI=1S/C29H32N2O3/c1-5-19(3)21-10-13-25(14-11-21)33-18-28(32)30-24-9-7-8-23(16-24)29-31-26-17-22(20(4)6-2)12-15-27(26)34-29/h7-17,19-20H,5-6,18H2,1-4H3,(H,30,32)/t19-,20-/m0/s1. The molecule has 4 rings (SSSR count). The van der Waals surface area contributed by atoms with E-state index < -0.39 is 0 Å². The van der Waals surface area contributed by atoms with Gasteiger partial charge in [-0.05, 0) is 78.3 Å². The maximum Gasteiger partial charge on any atom is 0.262 e. The molecular formula is C29H32N2O3. The molecule has 34 heavy (non-hydrogen) atoms. The third-order valence-electron chi connectivity index (χ3n) is 6.42. The quantitative estimate of drug-likeness (QED) is 0.282. The molecule has 1 heterocycles. The number of aromatic nitrogens is 1. The summed E-state index contributed by atoms with van der Waals surface area (Å²) in [6.07, 6.45) is 2.16. The van der Waals surface area contributed by atoms with Crippen LogP contribution >= 0.6 is 0 Å². The minimum Gasteiger partial charge on any atom is -0.484 e. The molecule has 0 aliphatic heterocycles. The topological polar surface area (TPSA) is 64.4 Å². The Labute approximate surface area is 201 Å². The molecule has 1 N–H and O–H groups in total. The van der Waals surface area contributed by atoms with Crippen LogP contribution in [0.4, 0.5) is 5.69 Å². The van der Waals surface area contributed by atoms with Gasteiger partial charge in [0.15, 0.2) is 12.2 Å². The molecule has 0 unspecified atom stereocenters. The lowest BCUT2D eigenvalue weighted by Crippen LogP contribution is -2.20. The second-order valence-electron chi connectivity index (χ2n) is 8.85. The number of anilines is 1. The molecular weight excluding hydrogens is 424 g/mol. The number of carbonyl (C=O) groups is 1. The Morgan fingerprint density at radius 1 is 0.941 bits per heavy atom. The number of rotatable bonds is 9. The van der Waals surface area contributed by atoms with E-state index in [2.05, 4.69) is 62.3 Å². The molecule has 2 atom stereocenters. The van der Waals surface area contributed by atoms with Gasteiger partial charge in [0.2, 0.25) is 5.89 Å². The maximum absolute atomic E-state index is 12.5. The van der Waals surface area contributed by atoms with Crippen LogP contribution in [-0.4, -0.2) is 17.5 Å². The van der Waals surface area contributed by atoms with Crippen molar-refractivity contribution in [2.24, 2.45) is 0 Å². The fourth-order valence-corrected chi connectivity index (χ4v) is 3.81. The maximum atomic E-state index is 12.5. The van der Waals surface area contributed by atoms with Gasteiger partial charge in [-0.25, -0.2) is 4.98 Å². The zero-order valence-electron chi connectivity index (χ0n) is 20.3. The van der Waals surface area contributed by atoms with E-state index in [0.717, 1.165) is 29.5 Å². The number of benzene rings is 3. The van der Waals surface area contributed by atoms with Gasteiger partial charge in [0.05, 0.1) is 0 Å². The van der Waals surface area contributed by atoms with E-state index in [9.17, 15) is 4.79 Å². The first kappa shape index (κ1) is 23.6. The summed E-state index contributed by atoms with van der Waals surface area (Å²) in [6.45, 7) is 8.69. The second kappa shape index (κ2) is 10.6. The van der Waals surface area contributed by atoms with Crippen LogP contribution in [0.5, 0.6) is 5.75 Å². The average Bonchev–Trinajstić information content (AvgIpc) is 3.30. The lowest BCUT2D eigenvalue weighted by atomic mass is 9.98. The summed E-state index contributed by atoms with van der Waals surface area (Å²) in [5, 5.41) is 2.89. The summed E-state index contributed by atoms with van der Waals surface area (Å²) in [5.74, 6) is 1.97. The van der Waals surface area contributed by atoms with E-state index in [1.165, 1.54) is 11.1 Å². The van der Waals surface area contributed by atoms with Crippen molar-refractivity contribution in [1.82, 2.24) is 4.98 Å². The van der Waals surface area contributed by atoms with Crippen molar-refractivity contribution in [3.63, 3.8) is 0 Å². The molecule has 0 aliphatic rings. The third-order valence-corrected chi connectivity index (χ3v) is 6.42. The average molecular weight is 457 g/mol. The van der Waals surface area contributed by atoms with Crippen molar-refractivity contribution in [3.05, 3.63) is 77.9 Å². The Morgan fingerprint density at radius 3 is 2.38 bits per heavy atom. The van der Waals surface area contributed by atoms with E-state index in [-0.39, 0.29) is 12.5 Å². The number of nitrogens with zero attached hydrogens (tertiary/aromatic N) is 1. The smallest absolute Gasteiger partial charge is 0.262 e. The number of oxazole rings is 1. The molecule has 0 aliphatic carbocycles. The van der Waals surface area contributed by atoms with Crippen LogP contribution in [0.15, 0.2) is 71.1 Å². The molecule has 3 aromatic carbocycles. The highest BCUT2D eigenvalue weighted by Gasteiger charge is 2.12. The molecule has 176 valence electrons. The van der Waals surface area contributed by atoms with Gasteiger partial charge in [-0.2, -0.15) is 0 Å². The number of carbonyl (C=O) groups excluding carboxylic acids is 1. The highest BCUT2D eigenvalue weighted by atomic mass is 16.5. The predicted molar refractivity (Wildman–Crippen MR) is 137 cm³/mol. The fourth-order valence-electron chi connectivity index (χ4n) is 3.81. The van der Waals surface area contributed by atoms with Crippen molar-refractivity contribution < 1.29 is 13.9 Å². The minimum atomic E-state index is -0.223. The van der Waals surface area contributed by atoms with E-state index in [1.54, 1.807) is 0 Å². The normalized spacial score (nSPS) is 12.9. The fraction of sp³-hybridized carbons (Fsp3) is 0.310. The van der Waals surface area contributed by atoms with Gasteiger partial charge in [-0.1, -0.05) is 52.0 Å². The van der Waals surface area contributed by atoms with Gasteiger partial charge in [-0.3, -0.25) is 4.79 Å². The zero-order valence-corrected chi connectivity index (χ0v) is 20.3. The number of nitrogens with one attached hydrogen (secondary N) is 1. The molecule has 0 saturated heterocycles. The molecule has 1 aromatic heterocycles. The van der Waals surface area contributed by atoms with Gasteiger partial charge in [0.1, 0.15) is 11.3 Å². The SMILES string of the molecule is CC[C@H](C)c1ccc(OCC(=O)Nc2cccc(-c3nc4cc([C@@H](C)CC)ccc4o3)c2)cc1. The van der Waals surface area contributed by atoms with E-state index in [0.29, 0.717) is 29.2 Å². The number of hydrogen-bond acceptors (Lipinski definition) is 4. The van der Waals surface area contributed by atoms with E-state index >= 15 is 0 Å². The molecule has 0 saturated carbocycles. The Hall–Kier alpha value is -3.60. The largest absolute Gasteiger partial charge is 0.484 e. The van der Waals surface area contributed by atoms with Crippen molar-refractivity contribution in [2.45, 2.75) is 52.4 Å². The molecule has 1 amide bonds. The van der Waals surface area contributed by atoms with Crippen molar-refractivity contribution >= 4 is 22.7 Å². The monoisotopic (exact) mass is 456 g/mol. The summed E-state index contributed by atoms with van der Waals surface area (Å²) in [6, 6.07) is 21.6. The van der Waals surface area contributed by atoms with E-state index in [4.69, 9.17) is 9.15 Å². The zero-order chi connectivity index (χ0) is 24.1. The van der Waals surface area contributed by atoms with Crippen molar-refractivity contribution in [1.29, 1.82) is 0 Å². The summed E-state index contributed by atoms with van der Waals surface area (Å²) < 4.78 is 11.6. The molecule has 0 spiro atoms. The third kappa shape index (κ3) is 5.48. The van der Waals surface area contributed by atoms with Crippen LogP contribution in [0.1, 0.15) is 63.5 Å². The van der Waals surface area contributed by atoms with Crippen LogP contribution in [0.25, 0.3) is 22.6 Å². The van der Waals surface area contributed by atoms with Crippen molar-refractivity contribution in [2.75, 3.05) is 11.9 Å². The Morgan fingerprint density at radius 2 is 1.65 bits per heavy atom. The summed E-state index contributed by atoms with van der Waals surface area (Å²) in [7, 11) is 0. The first-order valence-corrected chi connectivity index (χ1v) is 12.0. The number of fused-ring (bicyclic) bond motifs is 1. The van der Waals surface area contributed by atoms with Crippen LogP contribution < -0.4 is 10.1 Å². The van der Waals surface area contributed by atoms with E-state index in [1.807, 2.05) is 42.5 Å². The lowest BCUT2D eigenvalue weighted by Gasteiger charge is -2.11. The summed E-state index contributed by atoms with van der Waals surface area (Å²) >= 11 is 0. The van der Waals surface area contributed by atoms with Gasteiger partial charge in [0, 0.05) is 11.3 Å². The minimum absolute atomic E-state index is 0.0613. The molecule has 0 fully saturated rings. The highest BCUT2D eigenvalue weighted by Crippen LogP contribution is 2.29. The Bertz CT molecular complexity index is 1260. The first-order valence-electron chi connectivity index (χ1n) is 12.0. The highest BCUT2D eigenvalue weighted by molar-refractivity contribution is 5.92. The first-order chi connectivity index (χ1) is 16.5. The van der Waals surface area contributed by atoms with Crippen LogP contribution in [-0.2, 0) is 4.79 Å². The number of amides is 1. The summed E-state index contributed by atoms with van der Waals surface area (Å²) in [5.41, 5.74) is 5.59. The second-order valence-corrected chi connectivity index (χ2v) is 8.85. The number of hydrogen-bond donors (Lipinski definition) is 1. The molecule has 0 radical (unpaired) electrons. The Kier molecular flexibility index (Phi) is 7.31. The molecule has 5 heteroatoms. The van der Waals surface area contributed by atoms with Gasteiger partial charge < -0.3 is 14.5 Å². The Balaban J connectivity index is 1.41. The molecule has 4 aromatic rings. The number of ether oxygens (including phenoxy) is 1. The van der Waals surface area contributed by atoms with Gasteiger partial charge in [-0.15, -0.1) is 0 Å². The summed E-state index contributed by atoms with van der Waals surface area (Å²) in [4.78, 5) is 17.1. The van der Waals surface area contributed by atoms with Crippen LogP contribution in [0.3, 0.4) is 0 Å². The predicted octanol–water partition coefficient (Wildman–Crippen LogP) is 7.54. The van der Waals surface area contributed by atoms with Crippen molar-refractivity contribution in [3.8, 4) is 17.2 Å².